The summed E-state index contributed by atoms with van der Waals surface area (Å²) in [5, 5.41) is 12.4. The van der Waals surface area contributed by atoms with Crippen molar-refractivity contribution in [2.24, 2.45) is 0 Å². The minimum atomic E-state index is -0.222. The summed E-state index contributed by atoms with van der Waals surface area (Å²) < 4.78 is 13.3. The third-order valence-electron chi connectivity index (χ3n) is 4.57. The van der Waals surface area contributed by atoms with E-state index in [0.717, 1.165) is 43.2 Å². The van der Waals surface area contributed by atoms with Gasteiger partial charge in [0.05, 0.1) is 18.7 Å². The summed E-state index contributed by atoms with van der Waals surface area (Å²) in [4.78, 5) is 14.1. The molecule has 1 heterocycles. The zero-order valence-corrected chi connectivity index (χ0v) is 12.0. The SMILES string of the molecule is O=C(NC1CCCc2cc(F)ccc21)N1CCCC1CO. The molecule has 114 valence electrons. The Labute approximate surface area is 124 Å². The molecule has 5 heteroatoms. The summed E-state index contributed by atoms with van der Waals surface area (Å²) in [6, 6.07) is 4.56. The molecule has 3 rings (SSSR count). The molecule has 21 heavy (non-hydrogen) atoms. The largest absolute Gasteiger partial charge is 0.394 e. The maximum Gasteiger partial charge on any atom is 0.318 e. The van der Waals surface area contributed by atoms with Gasteiger partial charge in [-0.15, -0.1) is 0 Å². The van der Waals surface area contributed by atoms with Crippen molar-refractivity contribution < 1.29 is 14.3 Å². The topological polar surface area (TPSA) is 52.6 Å². The van der Waals surface area contributed by atoms with Gasteiger partial charge in [-0.25, -0.2) is 9.18 Å². The Kier molecular flexibility index (Phi) is 4.10. The molecule has 0 aromatic heterocycles. The Morgan fingerprint density at radius 1 is 1.38 bits per heavy atom. The predicted octanol–water partition coefficient (Wildman–Crippen LogP) is 2.37. The molecule has 2 atom stereocenters. The minimum absolute atomic E-state index is 0.0138. The monoisotopic (exact) mass is 292 g/mol. The number of hydrogen-bond donors (Lipinski definition) is 2. The van der Waals surface area contributed by atoms with Crippen LogP contribution in [0, 0.1) is 5.82 Å². The lowest BCUT2D eigenvalue weighted by Crippen LogP contribution is -2.45. The molecule has 2 aliphatic rings. The highest BCUT2D eigenvalue weighted by molar-refractivity contribution is 5.75. The Morgan fingerprint density at radius 3 is 3.05 bits per heavy atom. The van der Waals surface area contributed by atoms with Crippen LogP contribution in [0.4, 0.5) is 9.18 Å². The van der Waals surface area contributed by atoms with Gasteiger partial charge in [0.2, 0.25) is 0 Å². The Hall–Kier alpha value is -1.62. The second-order valence-corrected chi connectivity index (χ2v) is 5.91. The van der Waals surface area contributed by atoms with Gasteiger partial charge in [0.1, 0.15) is 5.82 Å². The van der Waals surface area contributed by atoms with E-state index in [-0.39, 0.29) is 30.5 Å². The van der Waals surface area contributed by atoms with Crippen LogP contribution in [0.5, 0.6) is 0 Å². The van der Waals surface area contributed by atoms with Gasteiger partial charge in [-0.1, -0.05) is 6.07 Å². The van der Waals surface area contributed by atoms with Gasteiger partial charge in [0.25, 0.3) is 0 Å². The molecule has 0 saturated carbocycles. The lowest BCUT2D eigenvalue weighted by molar-refractivity contribution is 0.154. The molecule has 2 N–H and O–H groups in total. The number of urea groups is 1. The fraction of sp³-hybridized carbons (Fsp3) is 0.562. The van der Waals surface area contributed by atoms with E-state index in [0.29, 0.717) is 6.54 Å². The first kappa shape index (κ1) is 14.3. The molecule has 1 saturated heterocycles. The second-order valence-electron chi connectivity index (χ2n) is 5.91. The number of fused-ring (bicyclic) bond motifs is 1. The second kappa shape index (κ2) is 6.02. The van der Waals surface area contributed by atoms with Crippen molar-refractivity contribution in [2.45, 2.75) is 44.2 Å². The zero-order chi connectivity index (χ0) is 14.8. The number of aliphatic hydroxyl groups is 1. The first-order chi connectivity index (χ1) is 10.2. The maximum absolute atomic E-state index is 13.3. The van der Waals surface area contributed by atoms with Crippen LogP contribution in [0.15, 0.2) is 18.2 Å². The van der Waals surface area contributed by atoms with Crippen LogP contribution < -0.4 is 5.32 Å². The number of carbonyl (C=O) groups excluding carboxylic acids is 1. The summed E-state index contributed by atoms with van der Waals surface area (Å²) in [7, 11) is 0. The Bertz CT molecular complexity index is 535. The molecule has 1 fully saturated rings. The number of benzene rings is 1. The first-order valence-electron chi connectivity index (χ1n) is 7.65. The van der Waals surface area contributed by atoms with Crippen LogP contribution in [0.3, 0.4) is 0 Å². The Morgan fingerprint density at radius 2 is 2.24 bits per heavy atom. The van der Waals surface area contributed by atoms with Crippen molar-refractivity contribution in [1.29, 1.82) is 0 Å². The number of likely N-dealkylation sites (tertiary alicyclic amines) is 1. The average Bonchev–Trinajstić information content (AvgIpc) is 2.95. The average molecular weight is 292 g/mol. The molecule has 0 spiro atoms. The smallest absolute Gasteiger partial charge is 0.318 e. The fourth-order valence-corrected chi connectivity index (χ4v) is 3.46. The highest BCUT2D eigenvalue weighted by Crippen LogP contribution is 2.30. The van der Waals surface area contributed by atoms with Crippen LogP contribution in [0.25, 0.3) is 0 Å². The third-order valence-corrected chi connectivity index (χ3v) is 4.57. The number of rotatable bonds is 2. The van der Waals surface area contributed by atoms with Gasteiger partial charge in [-0.2, -0.15) is 0 Å². The molecule has 1 aromatic carbocycles. The van der Waals surface area contributed by atoms with Crippen molar-refractivity contribution in [1.82, 2.24) is 10.2 Å². The molecule has 4 nitrogen and oxygen atoms in total. The minimum Gasteiger partial charge on any atom is -0.394 e. The zero-order valence-electron chi connectivity index (χ0n) is 12.0. The van der Waals surface area contributed by atoms with Gasteiger partial charge in [0, 0.05) is 6.54 Å². The number of carbonyl (C=O) groups is 1. The summed E-state index contributed by atoms with van der Waals surface area (Å²) in [6.07, 6.45) is 4.48. The van der Waals surface area contributed by atoms with Crippen molar-refractivity contribution >= 4 is 6.03 Å². The lowest BCUT2D eigenvalue weighted by atomic mass is 9.87. The van der Waals surface area contributed by atoms with Gasteiger partial charge in [-0.05, 0) is 55.4 Å². The summed E-state index contributed by atoms with van der Waals surface area (Å²) in [6.45, 7) is 0.708. The standard InChI is InChI=1S/C16H21FN2O2/c17-12-6-7-14-11(9-12)3-1-5-15(14)18-16(21)19-8-2-4-13(19)10-20/h6-7,9,13,15,20H,1-5,8,10H2,(H,18,21). The molecule has 2 unspecified atom stereocenters. The van der Waals surface area contributed by atoms with E-state index >= 15 is 0 Å². The lowest BCUT2D eigenvalue weighted by Gasteiger charge is -2.30. The molecule has 1 aliphatic heterocycles. The van der Waals surface area contributed by atoms with E-state index in [1.54, 1.807) is 17.0 Å². The summed E-state index contributed by atoms with van der Waals surface area (Å²) in [5.74, 6) is -0.222. The van der Waals surface area contributed by atoms with Gasteiger partial charge >= 0.3 is 6.03 Å². The molecule has 0 bridgehead atoms. The number of aliphatic hydroxyl groups excluding tert-OH is 1. The van der Waals surface area contributed by atoms with Crippen LogP contribution >= 0.6 is 0 Å². The van der Waals surface area contributed by atoms with Crippen molar-refractivity contribution in [2.75, 3.05) is 13.2 Å². The molecule has 2 amide bonds. The van der Waals surface area contributed by atoms with E-state index in [2.05, 4.69) is 5.32 Å². The van der Waals surface area contributed by atoms with Crippen LogP contribution in [0.2, 0.25) is 0 Å². The maximum atomic E-state index is 13.3. The normalized spacial score (nSPS) is 24.8. The molecular weight excluding hydrogens is 271 g/mol. The Balaban J connectivity index is 1.73. The van der Waals surface area contributed by atoms with E-state index in [9.17, 15) is 14.3 Å². The van der Waals surface area contributed by atoms with Gasteiger partial charge in [-0.3, -0.25) is 0 Å². The van der Waals surface area contributed by atoms with Crippen molar-refractivity contribution in [3.63, 3.8) is 0 Å². The number of nitrogens with zero attached hydrogens (tertiary/aromatic N) is 1. The number of aryl methyl sites for hydroxylation is 1. The van der Waals surface area contributed by atoms with Crippen molar-refractivity contribution in [3.8, 4) is 0 Å². The third kappa shape index (κ3) is 2.88. The summed E-state index contributed by atoms with van der Waals surface area (Å²) in [5.41, 5.74) is 2.02. The molecule has 1 aliphatic carbocycles. The quantitative estimate of drug-likeness (QED) is 0.879. The van der Waals surface area contributed by atoms with E-state index < -0.39 is 0 Å². The van der Waals surface area contributed by atoms with E-state index in [1.807, 2.05) is 0 Å². The highest BCUT2D eigenvalue weighted by Gasteiger charge is 2.30. The van der Waals surface area contributed by atoms with Crippen LogP contribution in [-0.2, 0) is 6.42 Å². The number of nitrogens with one attached hydrogen (secondary N) is 1. The van der Waals surface area contributed by atoms with Gasteiger partial charge < -0.3 is 15.3 Å². The van der Waals surface area contributed by atoms with E-state index in [1.165, 1.54) is 6.07 Å². The first-order valence-corrected chi connectivity index (χ1v) is 7.65. The summed E-state index contributed by atoms with van der Waals surface area (Å²) >= 11 is 0. The van der Waals surface area contributed by atoms with Crippen LogP contribution in [-0.4, -0.2) is 35.2 Å². The number of halogens is 1. The number of amides is 2. The molecule has 1 aromatic rings. The fourth-order valence-electron chi connectivity index (χ4n) is 3.46. The molecular formula is C16H21FN2O2. The van der Waals surface area contributed by atoms with Gasteiger partial charge in [0.15, 0.2) is 0 Å². The number of hydrogen-bond acceptors (Lipinski definition) is 2. The highest BCUT2D eigenvalue weighted by atomic mass is 19.1. The predicted molar refractivity (Wildman–Crippen MR) is 77.4 cm³/mol. The van der Waals surface area contributed by atoms with Crippen LogP contribution in [0.1, 0.15) is 42.9 Å². The van der Waals surface area contributed by atoms with E-state index in [4.69, 9.17) is 0 Å². The molecule has 0 radical (unpaired) electrons. The van der Waals surface area contributed by atoms with Crippen molar-refractivity contribution in [3.05, 3.63) is 35.1 Å².